The first-order valence-electron chi connectivity index (χ1n) is 5.65. The minimum Gasteiger partial charge on any atom is -0.297 e. The third-order valence-electron chi connectivity index (χ3n) is 3.20. The molecule has 8 heteroatoms. The van der Waals surface area contributed by atoms with Crippen LogP contribution in [0.3, 0.4) is 0 Å². The molecule has 0 spiro atoms. The van der Waals surface area contributed by atoms with Crippen molar-refractivity contribution in [1.82, 2.24) is 0 Å². The zero-order chi connectivity index (χ0) is 15.0. The van der Waals surface area contributed by atoms with Crippen LogP contribution in [0.5, 0.6) is 0 Å². The van der Waals surface area contributed by atoms with Crippen LogP contribution in [-0.2, 0) is 0 Å². The van der Waals surface area contributed by atoms with E-state index in [0.29, 0.717) is 11.1 Å². The Morgan fingerprint density at radius 2 is 1.55 bits per heavy atom. The average molecular weight is 276 g/mol. The molecule has 0 aromatic heterocycles. The van der Waals surface area contributed by atoms with Crippen molar-refractivity contribution in [1.29, 1.82) is 0 Å². The SMILES string of the molecule is NC1(N)C=CC(c2ccccc2)=CC1([N+](=O)[O-])[N+](=O)[O-]. The molecule has 1 aliphatic carbocycles. The number of allylic oxidation sites excluding steroid dienone is 2. The molecule has 0 saturated carbocycles. The Hall–Kier alpha value is -2.58. The van der Waals surface area contributed by atoms with Crippen molar-refractivity contribution in [3.05, 3.63) is 74.4 Å². The Labute approximate surface area is 113 Å². The van der Waals surface area contributed by atoms with Gasteiger partial charge in [-0.3, -0.25) is 31.7 Å². The van der Waals surface area contributed by atoms with E-state index in [4.69, 9.17) is 11.5 Å². The Morgan fingerprint density at radius 1 is 1.00 bits per heavy atom. The molecule has 4 N–H and O–H groups in total. The summed E-state index contributed by atoms with van der Waals surface area (Å²) in [5, 5.41) is 22.5. The molecule has 0 unspecified atom stereocenters. The molecule has 0 fully saturated rings. The van der Waals surface area contributed by atoms with Crippen LogP contribution in [0.25, 0.3) is 5.57 Å². The van der Waals surface area contributed by atoms with Gasteiger partial charge in [-0.1, -0.05) is 36.4 Å². The number of hydrogen-bond acceptors (Lipinski definition) is 6. The first kappa shape index (κ1) is 13.8. The average Bonchev–Trinajstić information content (AvgIpc) is 2.38. The van der Waals surface area contributed by atoms with Gasteiger partial charge in [-0.2, -0.15) is 0 Å². The van der Waals surface area contributed by atoms with Crippen molar-refractivity contribution >= 4 is 5.57 Å². The lowest BCUT2D eigenvalue weighted by Crippen LogP contribution is -2.72. The summed E-state index contributed by atoms with van der Waals surface area (Å²) in [5.41, 5.74) is 7.04. The fourth-order valence-corrected chi connectivity index (χ4v) is 2.04. The Bertz CT molecular complexity index is 608. The highest BCUT2D eigenvalue weighted by atomic mass is 16.7. The van der Waals surface area contributed by atoms with E-state index < -0.39 is 21.2 Å². The van der Waals surface area contributed by atoms with E-state index in [9.17, 15) is 20.2 Å². The molecular formula is C12H12N4O4. The number of rotatable bonds is 3. The molecule has 0 amide bonds. The fourth-order valence-electron chi connectivity index (χ4n) is 2.04. The fraction of sp³-hybridized carbons (Fsp3) is 0.167. The molecule has 20 heavy (non-hydrogen) atoms. The maximum absolute atomic E-state index is 11.2. The molecule has 0 atom stereocenters. The van der Waals surface area contributed by atoms with Gasteiger partial charge >= 0.3 is 5.66 Å². The van der Waals surface area contributed by atoms with Crippen LogP contribution in [-0.4, -0.2) is 21.2 Å². The van der Waals surface area contributed by atoms with Gasteiger partial charge in [0.15, 0.2) is 0 Å². The molecule has 1 aromatic rings. The molecule has 0 bridgehead atoms. The lowest BCUT2D eigenvalue weighted by Gasteiger charge is -2.29. The third-order valence-corrected chi connectivity index (χ3v) is 3.20. The van der Waals surface area contributed by atoms with Crippen molar-refractivity contribution in [3.8, 4) is 0 Å². The van der Waals surface area contributed by atoms with Crippen molar-refractivity contribution in [2.75, 3.05) is 0 Å². The van der Waals surface area contributed by atoms with E-state index in [1.54, 1.807) is 30.3 Å². The summed E-state index contributed by atoms with van der Waals surface area (Å²) in [5.74, 6) is 0. The second kappa shape index (κ2) is 4.51. The molecule has 1 aromatic carbocycles. The van der Waals surface area contributed by atoms with Gasteiger partial charge in [0.1, 0.15) is 9.85 Å². The van der Waals surface area contributed by atoms with Gasteiger partial charge < -0.3 is 0 Å². The van der Waals surface area contributed by atoms with Gasteiger partial charge in [-0.05, 0) is 17.2 Å². The zero-order valence-electron chi connectivity index (χ0n) is 10.3. The predicted octanol–water partition coefficient (Wildman–Crippen LogP) is 0.503. The Balaban J connectivity index is 2.65. The normalized spacial score (nSPS) is 19.2. The first-order chi connectivity index (χ1) is 9.31. The Morgan fingerprint density at radius 3 is 2.05 bits per heavy atom. The molecule has 0 aliphatic heterocycles. The van der Waals surface area contributed by atoms with Crippen LogP contribution in [0.15, 0.2) is 48.6 Å². The smallest absolute Gasteiger partial charge is 0.297 e. The highest BCUT2D eigenvalue weighted by Gasteiger charge is 2.68. The van der Waals surface area contributed by atoms with E-state index in [1.165, 1.54) is 6.08 Å². The standard InChI is InChI=1S/C12H12N4O4/c13-11(14)7-6-10(9-4-2-1-3-5-9)8-12(11,15(17)18)16(19)20/h1-8H,13-14H2. The second-order valence-electron chi connectivity index (χ2n) is 4.47. The molecule has 0 saturated heterocycles. The second-order valence-corrected chi connectivity index (χ2v) is 4.47. The summed E-state index contributed by atoms with van der Waals surface area (Å²) < 4.78 is 0. The molecule has 104 valence electrons. The Kier molecular flexibility index (Phi) is 3.12. The first-order valence-corrected chi connectivity index (χ1v) is 5.65. The lowest BCUT2D eigenvalue weighted by atomic mass is 9.85. The number of nitrogens with two attached hydrogens (primary N) is 2. The van der Waals surface area contributed by atoms with Gasteiger partial charge in [0, 0.05) is 0 Å². The minimum atomic E-state index is -2.80. The summed E-state index contributed by atoms with van der Waals surface area (Å²) in [6.45, 7) is 0. The summed E-state index contributed by atoms with van der Waals surface area (Å²) in [7, 11) is 0. The number of nitrogens with zero attached hydrogens (tertiary/aromatic N) is 2. The van der Waals surface area contributed by atoms with Crippen LogP contribution < -0.4 is 11.5 Å². The van der Waals surface area contributed by atoms with Crippen LogP contribution in [0.4, 0.5) is 0 Å². The maximum atomic E-state index is 11.2. The van der Waals surface area contributed by atoms with E-state index in [2.05, 4.69) is 0 Å². The van der Waals surface area contributed by atoms with Gasteiger partial charge in [0.05, 0.1) is 6.08 Å². The van der Waals surface area contributed by atoms with Crippen LogP contribution in [0.2, 0.25) is 0 Å². The number of hydrogen-bond donors (Lipinski definition) is 2. The number of nitro groups is 2. The van der Waals surface area contributed by atoms with Crippen LogP contribution >= 0.6 is 0 Å². The molecule has 2 rings (SSSR count). The van der Waals surface area contributed by atoms with E-state index in [1.807, 2.05) is 0 Å². The number of benzene rings is 1. The maximum Gasteiger partial charge on any atom is 0.511 e. The molecular weight excluding hydrogens is 264 g/mol. The zero-order valence-corrected chi connectivity index (χ0v) is 10.3. The van der Waals surface area contributed by atoms with Crippen molar-refractivity contribution in [2.24, 2.45) is 11.5 Å². The van der Waals surface area contributed by atoms with E-state index in [0.717, 1.165) is 12.2 Å². The molecule has 8 nitrogen and oxygen atoms in total. The van der Waals surface area contributed by atoms with Crippen molar-refractivity contribution in [3.63, 3.8) is 0 Å². The van der Waals surface area contributed by atoms with Crippen molar-refractivity contribution < 1.29 is 9.85 Å². The molecule has 1 aliphatic rings. The topological polar surface area (TPSA) is 138 Å². The minimum absolute atomic E-state index is 0.325. The van der Waals surface area contributed by atoms with Crippen LogP contribution in [0.1, 0.15) is 5.56 Å². The highest BCUT2D eigenvalue weighted by Crippen LogP contribution is 2.33. The largest absolute Gasteiger partial charge is 0.511 e. The highest BCUT2D eigenvalue weighted by molar-refractivity contribution is 5.76. The summed E-state index contributed by atoms with van der Waals surface area (Å²) in [6, 6.07) is 8.57. The predicted molar refractivity (Wildman–Crippen MR) is 71.4 cm³/mol. The lowest BCUT2D eigenvalue weighted by molar-refractivity contribution is -0.789. The summed E-state index contributed by atoms with van der Waals surface area (Å²) >= 11 is 0. The van der Waals surface area contributed by atoms with Gasteiger partial charge in [-0.25, -0.2) is 0 Å². The van der Waals surface area contributed by atoms with Crippen LogP contribution in [0, 0.1) is 20.2 Å². The van der Waals surface area contributed by atoms with E-state index >= 15 is 0 Å². The molecule has 0 radical (unpaired) electrons. The van der Waals surface area contributed by atoms with Crippen molar-refractivity contribution in [2.45, 2.75) is 11.3 Å². The quantitative estimate of drug-likeness (QED) is 0.468. The third kappa shape index (κ3) is 1.87. The molecule has 0 heterocycles. The monoisotopic (exact) mass is 276 g/mol. The summed E-state index contributed by atoms with van der Waals surface area (Å²) in [6.07, 6.45) is 3.42. The van der Waals surface area contributed by atoms with Gasteiger partial charge in [0.25, 0.3) is 0 Å². The van der Waals surface area contributed by atoms with Gasteiger partial charge in [0.2, 0.25) is 5.66 Å². The summed E-state index contributed by atoms with van der Waals surface area (Å²) in [4.78, 5) is 20.3. The van der Waals surface area contributed by atoms with E-state index in [-0.39, 0.29) is 0 Å². The van der Waals surface area contributed by atoms with Gasteiger partial charge in [-0.15, -0.1) is 0 Å².